The van der Waals surface area contributed by atoms with Gasteiger partial charge in [-0.1, -0.05) is 54.6 Å². The van der Waals surface area contributed by atoms with E-state index in [-0.39, 0.29) is 11.8 Å². The Morgan fingerprint density at radius 1 is 1.00 bits per heavy atom. The van der Waals surface area contributed by atoms with Gasteiger partial charge in [0.2, 0.25) is 5.91 Å². The number of hydrogen-bond acceptors (Lipinski definition) is 2. The minimum atomic E-state index is -0.311. The average Bonchev–Trinajstić information content (AvgIpc) is 2.45. The van der Waals surface area contributed by atoms with Crippen LogP contribution in [0.4, 0.5) is 0 Å². The number of primary amides is 1. The fourth-order valence-electron chi connectivity index (χ4n) is 2.17. The summed E-state index contributed by atoms with van der Waals surface area (Å²) in [6.45, 7) is 0.463. The summed E-state index contributed by atoms with van der Waals surface area (Å²) in [5.41, 5.74) is 14.2. The lowest BCUT2D eigenvalue weighted by Gasteiger charge is -2.15. The molecule has 3 nitrogen and oxygen atoms in total. The summed E-state index contributed by atoms with van der Waals surface area (Å²) >= 11 is 0. The third kappa shape index (κ3) is 3.42. The topological polar surface area (TPSA) is 69.1 Å². The maximum Gasteiger partial charge on any atom is 0.225 e. The number of carbonyl (C=O) groups excluding carboxylic acids is 1. The SMILES string of the molecule is NCc1cccc([C@H](Cc2ccccc2)C(N)=O)c1. The van der Waals surface area contributed by atoms with Gasteiger partial charge in [0, 0.05) is 6.54 Å². The number of rotatable bonds is 5. The molecule has 1 amide bonds. The Hall–Kier alpha value is -2.13. The molecule has 0 heterocycles. The molecule has 0 aliphatic rings. The van der Waals surface area contributed by atoms with Crippen LogP contribution in [0, 0.1) is 0 Å². The van der Waals surface area contributed by atoms with Gasteiger partial charge in [-0.3, -0.25) is 4.79 Å². The molecule has 0 bridgehead atoms. The van der Waals surface area contributed by atoms with Crippen molar-refractivity contribution in [3.63, 3.8) is 0 Å². The molecular formula is C16H18N2O. The van der Waals surface area contributed by atoms with Gasteiger partial charge in [-0.25, -0.2) is 0 Å². The summed E-state index contributed by atoms with van der Waals surface area (Å²) < 4.78 is 0. The van der Waals surface area contributed by atoms with Gasteiger partial charge in [0.1, 0.15) is 0 Å². The number of benzene rings is 2. The fourth-order valence-corrected chi connectivity index (χ4v) is 2.17. The van der Waals surface area contributed by atoms with Crippen molar-refractivity contribution < 1.29 is 4.79 Å². The highest BCUT2D eigenvalue weighted by Gasteiger charge is 2.18. The van der Waals surface area contributed by atoms with Crippen LogP contribution in [0.15, 0.2) is 54.6 Å². The van der Waals surface area contributed by atoms with Crippen molar-refractivity contribution in [2.24, 2.45) is 11.5 Å². The van der Waals surface area contributed by atoms with Crippen LogP contribution in [0.1, 0.15) is 22.6 Å². The van der Waals surface area contributed by atoms with E-state index < -0.39 is 0 Å². The summed E-state index contributed by atoms with van der Waals surface area (Å²) in [7, 11) is 0. The third-order valence-electron chi connectivity index (χ3n) is 3.22. The predicted octanol–water partition coefficient (Wildman–Crippen LogP) is 1.96. The van der Waals surface area contributed by atoms with Gasteiger partial charge in [0.25, 0.3) is 0 Å². The molecule has 98 valence electrons. The molecule has 0 fully saturated rings. The van der Waals surface area contributed by atoms with Gasteiger partial charge in [-0.05, 0) is 23.1 Å². The van der Waals surface area contributed by atoms with Crippen molar-refractivity contribution in [3.05, 3.63) is 71.3 Å². The molecule has 19 heavy (non-hydrogen) atoms. The van der Waals surface area contributed by atoms with Gasteiger partial charge >= 0.3 is 0 Å². The molecule has 0 saturated heterocycles. The van der Waals surface area contributed by atoms with E-state index in [1.807, 2.05) is 54.6 Å². The van der Waals surface area contributed by atoms with E-state index in [4.69, 9.17) is 11.5 Å². The van der Waals surface area contributed by atoms with Gasteiger partial charge in [0.05, 0.1) is 5.92 Å². The van der Waals surface area contributed by atoms with Crippen molar-refractivity contribution >= 4 is 5.91 Å². The largest absolute Gasteiger partial charge is 0.369 e. The van der Waals surface area contributed by atoms with Crippen LogP contribution in [-0.2, 0) is 17.8 Å². The van der Waals surface area contributed by atoms with E-state index in [9.17, 15) is 4.79 Å². The highest BCUT2D eigenvalue weighted by atomic mass is 16.1. The molecule has 0 saturated carbocycles. The van der Waals surface area contributed by atoms with Crippen molar-refractivity contribution in [2.75, 3.05) is 0 Å². The Bertz CT molecular complexity index is 552. The monoisotopic (exact) mass is 254 g/mol. The molecule has 2 aromatic carbocycles. The molecule has 2 aromatic rings. The van der Waals surface area contributed by atoms with E-state index in [0.29, 0.717) is 13.0 Å². The van der Waals surface area contributed by atoms with E-state index in [0.717, 1.165) is 16.7 Å². The summed E-state index contributed by atoms with van der Waals surface area (Å²) in [6.07, 6.45) is 0.615. The van der Waals surface area contributed by atoms with Gasteiger partial charge in [0.15, 0.2) is 0 Å². The number of nitrogens with two attached hydrogens (primary N) is 2. The quantitative estimate of drug-likeness (QED) is 0.856. The van der Waals surface area contributed by atoms with Crippen molar-refractivity contribution in [2.45, 2.75) is 18.9 Å². The van der Waals surface area contributed by atoms with Crippen LogP contribution in [-0.4, -0.2) is 5.91 Å². The average molecular weight is 254 g/mol. The second-order valence-electron chi connectivity index (χ2n) is 4.59. The highest BCUT2D eigenvalue weighted by Crippen LogP contribution is 2.21. The van der Waals surface area contributed by atoms with Crippen LogP contribution >= 0.6 is 0 Å². The first-order chi connectivity index (χ1) is 9.20. The van der Waals surface area contributed by atoms with Gasteiger partial charge in [-0.15, -0.1) is 0 Å². The second kappa shape index (κ2) is 6.16. The first-order valence-corrected chi connectivity index (χ1v) is 6.33. The third-order valence-corrected chi connectivity index (χ3v) is 3.22. The summed E-state index contributed by atoms with van der Waals surface area (Å²) in [5, 5.41) is 0. The predicted molar refractivity (Wildman–Crippen MR) is 76.4 cm³/mol. The maximum atomic E-state index is 11.7. The van der Waals surface area contributed by atoms with E-state index in [1.54, 1.807) is 0 Å². The standard InChI is InChI=1S/C16H18N2O/c17-11-13-7-4-8-14(9-13)15(16(18)19)10-12-5-2-1-3-6-12/h1-9,15H,10-11,17H2,(H2,18,19)/t15-/m0/s1. The molecule has 0 aromatic heterocycles. The smallest absolute Gasteiger partial charge is 0.225 e. The van der Waals surface area contributed by atoms with E-state index in [1.165, 1.54) is 0 Å². The minimum absolute atomic E-state index is 0.307. The van der Waals surface area contributed by atoms with Crippen LogP contribution < -0.4 is 11.5 Å². The van der Waals surface area contributed by atoms with Crippen molar-refractivity contribution in [3.8, 4) is 0 Å². The molecular weight excluding hydrogens is 236 g/mol. The van der Waals surface area contributed by atoms with Gasteiger partial charge < -0.3 is 11.5 Å². The Morgan fingerprint density at radius 3 is 2.32 bits per heavy atom. The zero-order valence-electron chi connectivity index (χ0n) is 10.8. The normalized spacial score (nSPS) is 12.1. The van der Waals surface area contributed by atoms with Crippen LogP contribution in [0.2, 0.25) is 0 Å². The van der Waals surface area contributed by atoms with Crippen molar-refractivity contribution in [1.29, 1.82) is 0 Å². The Balaban J connectivity index is 2.27. The Labute approximate surface area is 113 Å². The minimum Gasteiger partial charge on any atom is -0.369 e. The first-order valence-electron chi connectivity index (χ1n) is 6.33. The zero-order chi connectivity index (χ0) is 13.7. The Morgan fingerprint density at radius 2 is 1.68 bits per heavy atom. The summed E-state index contributed by atoms with van der Waals surface area (Å²) in [6, 6.07) is 17.6. The van der Waals surface area contributed by atoms with E-state index in [2.05, 4.69) is 0 Å². The Kier molecular flexibility index (Phi) is 4.31. The molecule has 0 aliphatic carbocycles. The molecule has 3 heteroatoms. The first kappa shape index (κ1) is 13.3. The molecule has 0 radical (unpaired) electrons. The summed E-state index contributed by atoms with van der Waals surface area (Å²) in [4.78, 5) is 11.7. The lowest BCUT2D eigenvalue weighted by atomic mass is 9.90. The number of amides is 1. The van der Waals surface area contributed by atoms with Crippen LogP contribution in [0.5, 0.6) is 0 Å². The lowest BCUT2D eigenvalue weighted by molar-refractivity contribution is -0.119. The van der Waals surface area contributed by atoms with Gasteiger partial charge in [-0.2, -0.15) is 0 Å². The molecule has 2 rings (SSSR count). The van der Waals surface area contributed by atoms with Crippen molar-refractivity contribution in [1.82, 2.24) is 0 Å². The summed E-state index contributed by atoms with van der Waals surface area (Å²) in [5.74, 6) is -0.619. The molecule has 0 unspecified atom stereocenters. The maximum absolute atomic E-state index is 11.7. The number of hydrogen-bond donors (Lipinski definition) is 2. The lowest BCUT2D eigenvalue weighted by Crippen LogP contribution is -2.23. The second-order valence-corrected chi connectivity index (χ2v) is 4.59. The number of carbonyl (C=O) groups is 1. The zero-order valence-corrected chi connectivity index (χ0v) is 10.8. The molecule has 0 aliphatic heterocycles. The van der Waals surface area contributed by atoms with Crippen LogP contribution in [0.25, 0.3) is 0 Å². The van der Waals surface area contributed by atoms with E-state index >= 15 is 0 Å². The van der Waals surface area contributed by atoms with Crippen LogP contribution in [0.3, 0.4) is 0 Å². The highest BCUT2D eigenvalue weighted by molar-refractivity contribution is 5.82. The molecule has 4 N–H and O–H groups in total. The molecule has 0 spiro atoms. The fraction of sp³-hybridized carbons (Fsp3) is 0.188. The molecule has 1 atom stereocenters.